The number of rotatable bonds is 5. The number of halogens is 1. The van der Waals surface area contributed by atoms with Crippen LogP contribution in [0.15, 0.2) is 46.0 Å². The molecule has 2 aromatic rings. The molecule has 0 saturated carbocycles. The monoisotopic (exact) mass is 461 g/mol. The van der Waals surface area contributed by atoms with Gasteiger partial charge in [0.2, 0.25) is 0 Å². The lowest BCUT2D eigenvalue weighted by molar-refractivity contribution is 0.228. The minimum Gasteiger partial charge on any atom is -0.493 e. The summed E-state index contributed by atoms with van der Waals surface area (Å²) in [7, 11) is 1.68. The molecule has 0 amide bonds. The number of hydrogen-bond donors (Lipinski definition) is 0. The number of hydrogen-bond acceptors (Lipinski definition) is 6. The largest absolute Gasteiger partial charge is 0.493 e. The number of methoxy groups -OCH3 is 1. The van der Waals surface area contributed by atoms with E-state index in [1.807, 2.05) is 43.9 Å². The molecule has 0 radical (unpaired) electrons. The maximum Gasteiger partial charge on any atom is 0.175 e. The van der Waals surface area contributed by atoms with E-state index in [9.17, 15) is 0 Å². The predicted octanol–water partition coefficient (Wildman–Crippen LogP) is 5.23. The summed E-state index contributed by atoms with van der Waals surface area (Å²) in [5.41, 5.74) is 2.13. The highest BCUT2D eigenvalue weighted by atomic mass is 79.9. The maximum atomic E-state index is 5.97. The number of aliphatic imine (C=N–C) groups is 1. The van der Waals surface area contributed by atoms with Gasteiger partial charge in [0.25, 0.3) is 0 Å². The van der Waals surface area contributed by atoms with Gasteiger partial charge in [-0.3, -0.25) is 9.98 Å². The van der Waals surface area contributed by atoms with Crippen molar-refractivity contribution in [1.29, 1.82) is 0 Å². The number of benzene rings is 1. The number of ether oxygens (including phenoxy) is 2. The van der Waals surface area contributed by atoms with Crippen molar-refractivity contribution < 1.29 is 9.47 Å². The van der Waals surface area contributed by atoms with Gasteiger partial charge >= 0.3 is 0 Å². The Balaban J connectivity index is 1.78. The predicted molar refractivity (Wildman–Crippen MR) is 117 cm³/mol. The van der Waals surface area contributed by atoms with Crippen LogP contribution in [0.25, 0.3) is 0 Å². The molecule has 7 heteroatoms. The fraction of sp³-hybridized carbons (Fsp3) is 0.429. The number of amidine groups is 1. The molecule has 0 bridgehead atoms. The maximum absolute atomic E-state index is 5.97. The first-order valence-electron chi connectivity index (χ1n) is 9.44. The van der Waals surface area contributed by atoms with E-state index in [0.29, 0.717) is 5.25 Å². The van der Waals surface area contributed by atoms with Crippen LogP contribution in [0.4, 0.5) is 0 Å². The lowest BCUT2D eigenvalue weighted by Crippen LogP contribution is -2.28. The highest BCUT2D eigenvalue weighted by Crippen LogP contribution is 2.50. The Hall–Kier alpha value is -1.73. The first kappa shape index (κ1) is 19.6. The zero-order valence-electron chi connectivity index (χ0n) is 16.4. The Labute approximate surface area is 178 Å². The summed E-state index contributed by atoms with van der Waals surface area (Å²) >= 11 is 5.53. The van der Waals surface area contributed by atoms with Gasteiger partial charge in [0.15, 0.2) is 16.7 Å². The number of pyridine rings is 1. The molecule has 1 aromatic carbocycles. The molecule has 3 atom stereocenters. The molecule has 2 aliphatic heterocycles. The van der Waals surface area contributed by atoms with E-state index in [0.717, 1.165) is 38.9 Å². The number of aromatic nitrogens is 1. The molecule has 0 spiro atoms. The van der Waals surface area contributed by atoms with Crippen LogP contribution in [0.5, 0.6) is 11.5 Å². The third kappa shape index (κ3) is 3.62. The Morgan fingerprint density at radius 1 is 1.29 bits per heavy atom. The van der Waals surface area contributed by atoms with Crippen LogP contribution in [-0.2, 0) is 0 Å². The summed E-state index contributed by atoms with van der Waals surface area (Å²) in [5.74, 6) is 1.46. The van der Waals surface area contributed by atoms with Gasteiger partial charge in [-0.25, -0.2) is 0 Å². The number of thioether (sulfide) groups is 1. The van der Waals surface area contributed by atoms with Gasteiger partial charge in [-0.2, -0.15) is 0 Å². The number of nitrogens with zero attached hydrogens (tertiary/aromatic N) is 3. The highest BCUT2D eigenvalue weighted by Gasteiger charge is 2.44. The lowest BCUT2D eigenvalue weighted by Gasteiger charge is -2.28. The molecule has 1 fully saturated rings. The molecular formula is C21H24BrN3O2S. The molecule has 2 aliphatic rings. The van der Waals surface area contributed by atoms with Gasteiger partial charge in [-0.15, -0.1) is 0 Å². The minimum absolute atomic E-state index is 0.0373. The molecule has 4 rings (SSSR count). The van der Waals surface area contributed by atoms with Crippen LogP contribution in [-0.4, -0.2) is 40.1 Å². The van der Waals surface area contributed by atoms with Gasteiger partial charge in [-0.1, -0.05) is 24.8 Å². The van der Waals surface area contributed by atoms with Crippen molar-refractivity contribution in [1.82, 2.24) is 9.88 Å². The summed E-state index contributed by atoms with van der Waals surface area (Å²) < 4.78 is 12.5. The standard InChI is InChI=1S/C21H24BrN3O2S/c1-12(2)27-20-15(22)9-14(10-17(20)26-4)19-18(16-7-5-6-8-23-16)24-21-25(19)11-13(3)28-21/h5-10,12-13,18-19H,11H2,1-4H3. The second kappa shape index (κ2) is 7.95. The highest BCUT2D eigenvalue weighted by molar-refractivity contribution is 9.10. The summed E-state index contributed by atoms with van der Waals surface area (Å²) in [6.45, 7) is 7.24. The Morgan fingerprint density at radius 2 is 2.11 bits per heavy atom. The molecule has 0 aliphatic carbocycles. The van der Waals surface area contributed by atoms with Crippen LogP contribution in [0.3, 0.4) is 0 Å². The van der Waals surface area contributed by atoms with Crippen LogP contribution in [0.2, 0.25) is 0 Å². The van der Waals surface area contributed by atoms with Crippen molar-refractivity contribution in [3.8, 4) is 11.5 Å². The van der Waals surface area contributed by atoms with Crippen LogP contribution < -0.4 is 9.47 Å². The van der Waals surface area contributed by atoms with Crippen molar-refractivity contribution >= 4 is 32.9 Å². The first-order chi connectivity index (χ1) is 13.5. The second-order valence-electron chi connectivity index (χ2n) is 7.34. The van der Waals surface area contributed by atoms with Crippen molar-refractivity contribution in [2.45, 2.75) is 44.2 Å². The Kier molecular flexibility index (Phi) is 5.56. The molecule has 5 nitrogen and oxygen atoms in total. The van der Waals surface area contributed by atoms with Gasteiger partial charge in [0, 0.05) is 18.0 Å². The summed E-state index contributed by atoms with van der Waals surface area (Å²) in [5, 5.41) is 1.63. The van der Waals surface area contributed by atoms with Crippen LogP contribution >= 0.6 is 27.7 Å². The van der Waals surface area contributed by atoms with Gasteiger partial charge < -0.3 is 14.4 Å². The molecule has 0 N–H and O–H groups in total. The van der Waals surface area contributed by atoms with E-state index >= 15 is 0 Å². The first-order valence-corrected chi connectivity index (χ1v) is 11.1. The quantitative estimate of drug-likeness (QED) is 0.609. The van der Waals surface area contributed by atoms with E-state index in [1.165, 1.54) is 0 Å². The van der Waals surface area contributed by atoms with E-state index in [4.69, 9.17) is 14.5 Å². The van der Waals surface area contributed by atoms with Crippen molar-refractivity contribution in [2.75, 3.05) is 13.7 Å². The lowest BCUT2D eigenvalue weighted by atomic mass is 9.96. The normalized spacial score (nSPS) is 23.7. The molecule has 28 heavy (non-hydrogen) atoms. The second-order valence-corrected chi connectivity index (χ2v) is 9.60. The van der Waals surface area contributed by atoms with Crippen molar-refractivity contribution in [3.63, 3.8) is 0 Å². The summed E-state index contributed by atoms with van der Waals surface area (Å²) in [6.07, 6.45) is 1.90. The molecular weight excluding hydrogens is 438 g/mol. The third-order valence-corrected chi connectivity index (χ3v) is 6.52. The van der Waals surface area contributed by atoms with Gasteiger partial charge in [0.1, 0.15) is 6.04 Å². The third-order valence-electron chi connectivity index (χ3n) is 4.83. The Bertz CT molecular complexity index is 891. The van der Waals surface area contributed by atoms with E-state index < -0.39 is 0 Å². The summed E-state index contributed by atoms with van der Waals surface area (Å²) in [6, 6.07) is 10.3. The topological polar surface area (TPSA) is 47.0 Å². The molecule has 3 heterocycles. The zero-order valence-corrected chi connectivity index (χ0v) is 18.8. The molecule has 1 saturated heterocycles. The van der Waals surface area contributed by atoms with Crippen molar-refractivity contribution in [3.05, 3.63) is 52.3 Å². The van der Waals surface area contributed by atoms with Gasteiger partial charge in [0.05, 0.1) is 29.4 Å². The van der Waals surface area contributed by atoms with E-state index in [2.05, 4.69) is 50.9 Å². The fourth-order valence-corrected chi connectivity index (χ4v) is 5.38. The molecule has 1 aromatic heterocycles. The minimum atomic E-state index is -0.0373. The van der Waals surface area contributed by atoms with Crippen LogP contribution in [0, 0.1) is 0 Å². The Morgan fingerprint density at radius 3 is 2.79 bits per heavy atom. The zero-order chi connectivity index (χ0) is 19.8. The van der Waals surface area contributed by atoms with Crippen molar-refractivity contribution in [2.24, 2.45) is 4.99 Å². The van der Waals surface area contributed by atoms with Gasteiger partial charge in [-0.05, 0) is 59.6 Å². The molecule has 3 unspecified atom stereocenters. The number of fused-ring (bicyclic) bond motifs is 1. The molecule has 148 valence electrons. The summed E-state index contributed by atoms with van der Waals surface area (Å²) in [4.78, 5) is 12.0. The van der Waals surface area contributed by atoms with E-state index in [-0.39, 0.29) is 18.2 Å². The smallest absolute Gasteiger partial charge is 0.175 e. The average Bonchev–Trinajstić information content (AvgIpc) is 3.19. The fourth-order valence-electron chi connectivity index (χ4n) is 3.74. The average molecular weight is 462 g/mol. The SMILES string of the molecule is COc1cc(C2C(c3ccccn3)N=C3SC(C)CN32)cc(Br)c1OC(C)C. The van der Waals surface area contributed by atoms with Crippen LogP contribution in [0.1, 0.15) is 44.1 Å². The van der Waals surface area contributed by atoms with E-state index in [1.54, 1.807) is 7.11 Å².